The number of nitrogens with zero attached hydrogens (tertiary/aromatic N) is 5. The molecule has 4 heterocycles. The van der Waals surface area contributed by atoms with Gasteiger partial charge in [-0.05, 0) is 44.4 Å². The lowest BCUT2D eigenvalue weighted by atomic mass is 10.1. The molecule has 2 aliphatic heterocycles. The van der Waals surface area contributed by atoms with Crippen molar-refractivity contribution in [1.29, 1.82) is 0 Å². The summed E-state index contributed by atoms with van der Waals surface area (Å²) in [5, 5.41) is 14.1. The topological polar surface area (TPSA) is 82.0 Å². The molecule has 0 amide bonds. The summed E-state index contributed by atoms with van der Waals surface area (Å²) in [6, 6.07) is 8.09. The number of carbonyl (C=O) groups is 1. The summed E-state index contributed by atoms with van der Waals surface area (Å²) in [5.41, 5.74) is 2.99. The monoisotopic (exact) mass is 509 g/mol. The van der Waals surface area contributed by atoms with E-state index in [1.807, 2.05) is 18.3 Å². The maximum atomic E-state index is 12.3. The highest BCUT2D eigenvalue weighted by atomic mass is 32.1. The van der Waals surface area contributed by atoms with Gasteiger partial charge in [-0.25, -0.2) is 4.98 Å². The molecule has 2 aliphatic rings. The molecule has 1 unspecified atom stereocenters. The third-order valence-corrected chi connectivity index (χ3v) is 8.20. The normalized spacial score (nSPS) is 18.9. The number of rotatable bonds is 7. The Morgan fingerprint density at radius 3 is 2.75 bits per heavy atom. The van der Waals surface area contributed by atoms with Gasteiger partial charge in [-0.2, -0.15) is 0 Å². The fourth-order valence-corrected chi connectivity index (χ4v) is 6.30. The molecule has 0 spiro atoms. The maximum Gasteiger partial charge on any atom is 0.185 e. The SMILES string of the molecule is COc1ccc2cccnc2c1N1CCCN(C(CC(C)=O)c2csc(N3CCC(O)CC3)n2)CC1. The summed E-state index contributed by atoms with van der Waals surface area (Å²) in [7, 11) is 1.71. The number of aromatic nitrogens is 2. The number of methoxy groups -OCH3 is 1. The number of hydrogen-bond donors (Lipinski definition) is 1. The lowest BCUT2D eigenvalue weighted by molar-refractivity contribution is -0.118. The van der Waals surface area contributed by atoms with Gasteiger partial charge >= 0.3 is 0 Å². The highest BCUT2D eigenvalue weighted by molar-refractivity contribution is 7.13. The number of benzene rings is 1. The molecule has 36 heavy (non-hydrogen) atoms. The molecule has 0 radical (unpaired) electrons. The van der Waals surface area contributed by atoms with Gasteiger partial charge in [-0.15, -0.1) is 11.3 Å². The molecular weight excluding hydrogens is 474 g/mol. The summed E-state index contributed by atoms with van der Waals surface area (Å²) in [6.07, 6.45) is 4.62. The van der Waals surface area contributed by atoms with Gasteiger partial charge in [-0.1, -0.05) is 6.07 Å². The number of aliphatic hydroxyl groups excluding tert-OH is 1. The average molecular weight is 510 g/mol. The van der Waals surface area contributed by atoms with Crippen LogP contribution in [0.5, 0.6) is 5.75 Å². The number of ketones is 1. The highest BCUT2D eigenvalue weighted by Crippen LogP contribution is 2.37. The van der Waals surface area contributed by atoms with E-state index in [1.54, 1.807) is 25.4 Å². The third-order valence-electron chi connectivity index (χ3n) is 7.29. The van der Waals surface area contributed by atoms with E-state index in [4.69, 9.17) is 9.72 Å². The van der Waals surface area contributed by atoms with Crippen molar-refractivity contribution in [3.8, 4) is 5.75 Å². The van der Waals surface area contributed by atoms with Crippen molar-refractivity contribution >= 4 is 38.8 Å². The minimum atomic E-state index is -0.207. The Morgan fingerprint density at radius 1 is 1.14 bits per heavy atom. The Morgan fingerprint density at radius 2 is 1.97 bits per heavy atom. The van der Waals surface area contributed by atoms with Crippen molar-refractivity contribution in [2.45, 2.75) is 44.8 Å². The number of pyridine rings is 1. The zero-order valence-electron chi connectivity index (χ0n) is 21.1. The number of anilines is 2. The van der Waals surface area contributed by atoms with Crippen LogP contribution >= 0.6 is 11.3 Å². The van der Waals surface area contributed by atoms with Crippen LogP contribution in [-0.2, 0) is 4.79 Å². The molecular formula is C27H35N5O3S. The second-order valence-electron chi connectivity index (χ2n) is 9.76. The van der Waals surface area contributed by atoms with E-state index in [-0.39, 0.29) is 17.9 Å². The summed E-state index contributed by atoms with van der Waals surface area (Å²) in [6.45, 7) is 6.76. The molecule has 192 valence electrons. The Balaban J connectivity index is 1.36. The van der Waals surface area contributed by atoms with Crippen LogP contribution in [0.4, 0.5) is 10.8 Å². The average Bonchev–Trinajstić information content (AvgIpc) is 3.25. The van der Waals surface area contributed by atoms with Crippen molar-refractivity contribution in [2.75, 3.05) is 56.2 Å². The first-order valence-electron chi connectivity index (χ1n) is 12.8. The zero-order chi connectivity index (χ0) is 25.1. The first kappa shape index (κ1) is 24.9. The molecule has 1 aromatic carbocycles. The summed E-state index contributed by atoms with van der Waals surface area (Å²) in [5.74, 6) is 1.02. The number of aliphatic hydroxyl groups is 1. The minimum Gasteiger partial charge on any atom is -0.494 e. The van der Waals surface area contributed by atoms with Gasteiger partial charge < -0.3 is 19.6 Å². The van der Waals surface area contributed by atoms with Crippen molar-refractivity contribution in [3.05, 3.63) is 41.5 Å². The van der Waals surface area contributed by atoms with Gasteiger partial charge in [0.15, 0.2) is 5.13 Å². The fraction of sp³-hybridized carbons (Fsp3) is 0.519. The molecule has 2 fully saturated rings. The van der Waals surface area contributed by atoms with Crippen LogP contribution in [0, 0.1) is 0 Å². The van der Waals surface area contributed by atoms with Crippen LogP contribution in [0.2, 0.25) is 0 Å². The molecule has 1 N–H and O–H groups in total. The van der Waals surface area contributed by atoms with Crippen molar-refractivity contribution in [2.24, 2.45) is 0 Å². The van der Waals surface area contributed by atoms with Gasteiger partial charge in [0.1, 0.15) is 17.2 Å². The van der Waals surface area contributed by atoms with E-state index in [1.165, 1.54) is 0 Å². The molecule has 0 aliphatic carbocycles. The van der Waals surface area contributed by atoms with Gasteiger partial charge in [0.05, 0.1) is 30.5 Å². The second kappa shape index (κ2) is 11.1. The van der Waals surface area contributed by atoms with E-state index in [9.17, 15) is 9.90 Å². The van der Waals surface area contributed by atoms with Crippen molar-refractivity contribution in [3.63, 3.8) is 0 Å². The third kappa shape index (κ3) is 5.33. The maximum absolute atomic E-state index is 12.3. The fourth-order valence-electron chi connectivity index (χ4n) is 5.38. The van der Waals surface area contributed by atoms with Crippen LogP contribution in [0.3, 0.4) is 0 Å². The molecule has 8 nitrogen and oxygen atoms in total. The number of thiazole rings is 1. The Hall–Kier alpha value is -2.75. The summed E-state index contributed by atoms with van der Waals surface area (Å²) < 4.78 is 5.74. The molecule has 5 rings (SSSR count). The lowest BCUT2D eigenvalue weighted by Gasteiger charge is -2.30. The van der Waals surface area contributed by atoms with E-state index in [0.717, 1.165) is 91.7 Å². The van der Waals surface area contributed by atoms with Crippen LogP contribution in [0.15, 0.2) is 35.8 Å². The number of hydrogen-bond acceptors (Lipinski definition) is 9. The van der Waals surface area contributed by atoms with Crippen LogP contribution in [-0.4, -0.2) is 78.2 Å². The van der Waals surface area contributed by atoms with Crippen LogP contribution in [0.25, 0.3) is 10.9 Å². The Labute approximate surface area is 216 Å². The molecule has 2 aromatic heterocycles. The Kier molecular flexibility index (Phi) is 7.69. The zero-order valence-corrected chi connectivity index (χ0v) is 21.9. The first-order valence-corrected chi connectivity index (χ1v) is 13.7. The van der Waals surface area contributed by atoms with E-state index < -0.39 is 0 Å². The van der Waals surface area contributed by atoms with Crippen molar-refractivity contribution in [1.82, 2.24) is 14.9 Å². The Bertz CT molecular complexity index is 1190. The molecule has 3 aromatic rings. The van der Waals surface area contributed by atoms with Gasteiger partial charge in [-0.3, -0.25) is 14.7 Å². The molecule has 9 heteroatoms. The lowest BCUT2D eigenvalue weighted by Crippen LogP contribution is -2.36. The molecule has 1 atom stereocenters. The van der Waals surface area contributed by atoms with Gasteiger partial charge in [0, 0.05) is 62.7 Å². The largest absolute Gasteiger partial charge is 0.494 e. The van der Waals surface area contributed by atoms with E-state index in [2.05, 4.69) is 37.2 Å². The molecule has 0 bridgehead atoms. The van der Waals surface area contributed by atoms with Crippen LogP contribution < -0.4 is 14.5 Å². The van der Waals surface area contributed by atoms with Crippen molar-refractivity contribution < 1.29 is 14.6 Å². The van der Waals surface area contributed by atoms with Crippen LogP contribution in [0.1, 0.15) is 44.3 Å². The highest BCUT2D eigenvalue weighted by Gasteiger charge is 2.29. The number of piperidine rings is 1. The number of ether oxygens (including phenoxy) is 1. The smallest absolute Gasteiger partial charge is 0.185 e. The molecule has 0 saturated carbocycles. The van der Waals surface area contributed by atoms with Gasteiger partial charge in [0.2, 0.25) is 0 Å². The number of Topliss-reactive ketones (excluding diaryl/α,β-unsaturated/α-hetero) is 1. The van der Waals surface area contributed by atoms with E-state index in [0.29, 0.717) is 6.42 Å². The van der Waals surface area contributed by atoms with Gasteiger partial charge in [0.25, 0.3) is 0 Å². The predicted octanol–water partition coefficient (Wildman–Crippen LogP) is 3.89. The summed E-state index contributed by atoms with van der Waals surface area (Å²) in [4.78, 5) is 29.0. The minimum absolute atomic E-state index is 0.0321. The summed E-state index contributed by atoms with van der Waals surface area (Å²) >= 11 is 1.65. The molecule has 2 saturated heterocycles. The van der Waals surface area contributed by atoms with E-state index >= 15 is 0 Å². The predicted molar refractivity (Wildman–Crippen MR) is 144 cm³/mol. The number of fused-ring (bicyclic) bond motifs is 1. The quantitative estimate of drug-likeness (QED) is 0.514. The number of carbonyl (C=O) groups excluding carboxylic acids is 1. The second-order valence-corrected chi connectivity index (χ2v) is 10.6. The first-order chi connectivity index (χ1) is 17.5. The standard InChI is InChI=1S/C27H35N5O3S/c1-19(33)17-23(22-18-36-27(29-22)32-13-8-21(34)9-14-32)30-11-4-12-31(16-15-30)26-24(35-2)7-6-20-5-3-10-28-25(20)26/h3,5-7,10,18,21,23,34H,4,8-9,11-17H2,1-2H3.